The lowest BCUT2D eigenvalue weighted by Gasteiger charge is -2.44. The van der Waals surface area contributed by atoms with Crippen LogP contribution in [0.3, 0.4) is 0 Å². The molecule has 0 bridgehead atoms. The van der Waals surface area contributed by atoms with Crippen LogP contribution in [0.25, 0.3) is 0 Å². The summed E-state index contributed by atoms with van der Waals surface area (Å²) in [6.07, 6.45) is 2.43. The molecule has 5 nitrogen and oxygen atoms in total. The Bertz CT molecular complexity index is 1030. The number of ether oxygens (including phenoxy) is 2. The van der Waals surface area contributed by atoms with Crippen LogP contribution >= 0.6 is 11.6 Å². The third kappa shape index (κ3) is 4.44. The van der Waals surface area contributed by atoms with Gasteiger partial charge in [0, 0.05) is 41.3 Å². The first-order valence-electron chi connectivity index (χ1n) is 11.8. The number of halogens is 1. The fourth-order valence-electron chi connectivity index (χ4n) is 5.52. The zero-order chi connectivity index (χ0) is 24.1. The molecular weight excluding hydrogens is 438 g/mol. The zero-order valence-corrected chi connectivity index (χ0v) is 21.2. The van der Waals surface area contributed by atoms with Crippen molar-refractivity contribution in [3.05, 3.63) is 45.3 Å². The van der Waals surface area contributed by atoms with Crippen LogP contribution in [0.1, 0.15) is 78.7 Å². The van der Waals surface area contributed by atoms with E-state index in [4.69, 9.17) is 21.1 Å². The summed E-state index contributed by atoms with van der Waals surface area (Å²) < 4.78 is 11.6. The van der Waals surface area contributed by atoms with Crippen molar-refractivity contribution in [1.29, 1.82) is 0 Å². The van der Waals surface area contributed by atoms with E-state index in [-0.39, 0.29) is 22.4 Å². The van der Waals surface area contributed by atoms with E-state index in [1.807, 2.05) is 26.0 Å². The van der Waals surface area contributed by atoms with Gasteiger partial charge in [-0.15, -0.1) is 0 Å². The molecule has 0 amide bonds. The predicted molar refractivity (Wildman–Crippen MR) is 130 cm³/mol. The molecular formula is C27H34ClNO4. The first-order valence-corrected chi connectivity index (χ1v) is 12.2. The van der Waals surface area contributed by atoms with Crippen LogP contribution in [0.5, 0.6) is 11.5 Å². The molecule has 0 fully saturated rings. The standard InChI is InChI=1S/C27H34ClNO4/c1-7-32-21-10-15(9-16(28)25(21)33-8-2)22-23-17(11-26(3,4)13-19(23)30)29-18-12-27(5,6)14-20(31)24(18)22/h9-10,22,29H,7-8,11-14H2,1-6H3. The van der Waals surface area contributed by atoms with Gasteiger partial charge in [0.2, 0.25) is 0 Å². The summed E-state index contributed by atoms with van der Waals surface area (Å²) in [6, 6.07) is 3.73. The summed E-state index contributed by atoms with van der Waals surface area (Å²) >= 11 is 6.66. The second-order valence-electron chi connectivity index (χ2n) is 10.9. The molecule has 178 valence electrons. The van der Waals surface area contributed by atoms with Crippen molar-refractivity contribution in [3.8, 4) is 11.5 Å². The number of dihydropyridines is 1. The molecule has 0 spiro atoms. The predicted octanol–water partition coefficient (Wildman–Crippen LogP) is 6.11. The lowest BCUT2D eigenvalue weighted by Crippen LogP contribution is -2.42. The van der Waals surface area contributed by atoms with E-state index in [9.17, 15) is 9.59 Å². The fraction of sp³-hybridized carbons (Fsp3) is 0.556. The lowest BCUT2D eigenvalue weighted by atomic mass is 9.64. The van der Waals surface area contributed by atoms with Crippen molar-refractivity contribution >= 4 is 23.2 Å². The number of ketones is 2. The summed E-state index contributed by atoms with van der Waals surface area (Å²) in [4.78, 5) is 27.0. The molecule has 3 aliphatic rings. The second-order valence-corrected chi connectivity index (χ2v) is 11.3. The molecule has 1 heterocycles. The van der Waals surface area contributed by atoms with Crippen LogP contribution in [0, 0.1) is 10.8 Å². The van der Waals surface area contributed by atoms with Gasteiger partial charge in [-0.25, -0.2) is 0 Å². The summed E-state index contributed by atoms with van der Waals surface area (Å²) in [5.74, 6) is 0.763. The Hall–Kier alpha value is -2.27. The maximum atomic E-state index is 13.5. The van der Waals surface area contributed by atoms with Crippen molar-refractivity contribution in [3.63, 3.8) is 0 Å². The van der Waals surface area contributed by atoms with Crippen LogP contribution in [0.15, 0.2) is 34.7 Å². The van der Waals surface area contributed by atoms with Gasteiger partial charge in [-0.05, 0) is 55.2 Å². The third-order valence-electron chi connectivity index (χ3n) is 6.67. The normalized spacial score (nSPS) is 22.0. The summed E-state index contributed by atoms with van der Waals surface area (Å²) in [5.41, 5.74) is 3.81. The van der Waals surface area contributed by atoms with Gasteiger partial charge in [0.15, 0.2) is 23.1 Å². The largest absolute Gasteiger partial charge is 0.490 e. The highest BCUT2D eigenvalue weighted by molar-refractivity contribution is 6.32. The molecule has 4 rings (SSSR count). The van der Waals surface area contributed by atoms with E-state index in [0.29, 0.717) is 53.7 Å². The number of allylic oxidation sites excluding steroid dienone is 4. The molecule has 1 aromatic carbocycles. The Balaban J connectivity index is 1.93. The highest BCUT2D eigenvalue weighted by Crippen LogP contribution is 2.52. The minimum Gasteiger partial charge on any atom is -0.490 e. The fourth-order valence-corrected chi connectivity index (χ4v) is 5.80. The van der Waals surface area contributed by atoms with Crippen LogP contribution < -0.4 is 14.8 Å². The van der Waals surface area contributed by atoms with Crippen LogP contribution in [-0.4, -0.2) is 24.8 Å². The van der Waals surface area contributed by atoms with Crippen molar-refractivity contribution in [2.24, 2.45) is 10.8 Å². The van der Waals surface area contributed by atoms with Gasteiger partial charge >= 0.3 is 0 Å². The van der Waals surface area contributed by atoms with Gasteiger partial charge in [-0.3, -0.25) is 9.59 Å². The average Bonchev–Trinajstić information content (AvgIpc) is 2.67. The number of hydrogen-bond donors (Lipinski definition) is 1. The summed E-state index contributed by atoms with van der Waals surface area (Å²) in [6.45, 7) is 13.2. The number of rotatable bonds is 5. The van der Waals surface area contributed by atoms with Crippen molar-refractivity contribution in [1.82, 2.24) is 5.32 Å². The van der Waals surface area contributed by atoms with Gasteiger partial charge in [-0.2, -0.15) is 0 Å². The van der Waals surface area contributed by atoms with Crippen LogP contribution in [0.4, 0.5) is 0 Å². The van der Waals surface area contributed by atoms with Gasteiger partial charge in [-0.1, -0.05) is 39.3 Å². The molecule has 0 saturated heterocycles. The zero-order valence-electron chi connectivity index (χ0n) is 20.5. The van der Waals surface area contributed by atoms with Gasteiger partial charge in [0.1, 0.15) is 0 Å². The Labute approximate surface area is 201 Å². The minimum absolute atomic E-state index is 0.0888. The molecule has 0 atom stereocenters. The number of nitrogens with one attached hydrogen (secondary N) is 1. The Kier molecular flexibility index (Phi) is 6.15. The molecule has 2 aliphatic carbocycles. The maximum absolute atomic E-state index is 13.5. The van der Waals surface area contributed by atoms with Gasteiger partial charge < -0.3 is 14.8 Å². The van der Waals surface area contributed by atoms with Crippen molar-refractivity contribution < 1.29 is 19.1 Å². The first-order chi connectivity index (χ1) is 15.5. The molecule has 33 heavy (non-hydrogen) atoms. The van der Waals surface area contributed by atoms with E-state index in [2.05, 4.69) is 33.0 Å². The number of carbonyl (C=O) groups excluding carboxylic acids is 2. The van der Waals surface area contributed by atoms with E-state index >= 15 is 0 Å². The molecule has 0 radical (unpaired) electrons. The monoisotopic (exact) mass is 471 g/mol. The number of Topliss-reactive ketones (excluding diaryl/α,β-unsaturated/α-hetero) is 2. The van der Waals surface area contributed by atoms with E-state index < -0.39 is 5.92 Å². The van der Waals surface area contributed by atoms with Crippen molar-refractivity contribution in [2.45, 2.75) is 73.1 Å². The number of hydrogen-bond acceptors (Lipinski definition) is 5. The molecule has 1 aromatic rings. The smallest absolute Gasteiger partial charge is 0.179 e. The summed E-state index contributed by atoms with van der Waals surface area (Å²) in [5, 5.41) is 3.97. The third-order valence-corrected chi connectivity index (χ3v) is 6.95. The Morgan fingerprint density at radius 3 is 1.88 bits per heavy atom. The number of carbonyl (C=O) groups is 2. The Morgan fingerprint density at radius 1 is 0.879 bits per heavy atom. The minimum atomic E-state index is -0.448. The second kappa shape index (κ2) is 8.50. The average molecular weight is 472 g/mol. The topological polar surface area (TPSA) is 64.6 Å². The van der Waals surface area contributed by atoms with Crippen LogP contribution in [0.2, 0.25) is 5.02 Å². The maximum Gasteiger partial charge on any atom is 0.179 e. The molecule has 0 unspecified atom stereocenters. The van der Waals surface area contributed by atoms with Gasteiger partial charge in [0.05, 0.1) is 18.2 Å². The highest BCUT2D eigenvalue weighted by atomic mass is 35.5. The quantitative estimate of drug-likeness (QED) is 0.561. The molecule has 0 saturated carbocycles. The SMILES string of the molecule is CCOc1cc(C2C3=C(CC(C)(C)CC3=O)NC3=C2C(=O)CC(C)(C)C3)cc(Cl)c1OCC. The highest BCUT2D eigenvalue weighted by Gasteiger charge is 2.46. The van der Waals surface area contributed by atoms with Crippen molar-refractivity contribution in [2.75, 3.05) is 13.2 Å². The van der Waals surface area contributed by atoms with Crippen LogP contribution in [-0.2, 0) is 9.59 Å². The molecule has 1 N–H and O–H groups in total. The molecule has 6 heteroatoms. The summed E-state index contributed by atoms with van der Waals surface area (Å²) in [7, 11) is 0. The van der Waals surface area contributed by atoms with E-state index in [1.54, 1.807) is 0 Å². The van der Waals surface area contributed by atoms with E-state index in [1.165, 1.54) is 0 Å². The lowest BCUT2D eigenvalue weighted by molar-refractivity contribution is -0.119. The number of benzene rings is 1. The first kappa shape index (κ1) is 23.9. The van der Waals surface area contributed by atoms with E-state index in [0.717, 1.165) is 29.8 Å². The Morgan fingerprint density at radius 2 is 1.39 bits per heavy atom. The molecule has 1 aliphatic heterocycles. The molecule has 0 aromatic heterocycles. The van der Waals surface area contributed by atoms with Gasteiger partial charge in [0.25, 0.3) is 0 Å².